The van der Waals surface area contributed by atoms with Gasteiger partial charge in [-0.05, 0) is 30.3 Å². The molecule has 0 aliphatic rings. The molecule has 0 radical (unpaired) electrons. The Bertz CT molecular complexity index is 699. The number of phenols is 1. The smallest absolute Gasteiger partial charge is 0.416 e. The molecule has 0 bridgehead atoms. The van der Waals surface area contributed by atoms with E-state index in [4.69, 9.17) is 4.74 Å². The predicted molar refractivity (Wildman–Crippen MR) is 74.1 cm³/mol. The van der Waals surface area contributed by atoms with Gasteiger partial charge in [-0.25, -0.2) is 0 Å². The van der Waals surface area contributed by atoms with Gasteiger partial charge in [0.2, 0.25) is 0 Å². The van der Waals surface area contributed by atoms with Crippen molar-refractivity contribution in [1.29, 1.82) is 0 Å². The fourth-order valence-electron chi connectivity index (χ4n) is 1.88. The van der Waals surface area contributed by atoms with Gasteiger partial charge in [0.15, 0.2) is 0 Å². The largest absolute Gasteiger partial charge is 0.507 e. The summed E-state index contributed by atoms with van der Waals surface area (Å²) in [5.74, 6) is -0.984. The number of nitrogens with one attached hydrogen (secondary N) is 1. The zero-order valence-electron chi connectivity index (χ0n) is 11.4. The number of benzene rings is 2. The van der Waals surface area contributed by atoms with Crippen LogP contribution in [0.3, 0.4) is 0 Å². The second kappa shape index (κ2) is 5.97. The summed E-state index contributed by atoms with van der Waals surface area (Å²) in [5, 5.41) is 12.0. The number of carbonyl (C=O) groups excluding carboxylic acids is 1. The highest BCUT2D eigenvalue weighted by Crippen LogP contribution is 2.32. The molecule has 2 N–H and O–H groups in total. The van der Waals surface area contributed by atoms with Gasteiger partial charge in [0.25, 0.3) is 5.91 Å². The van der Waals surface area contributed by atoms with E-state index in [0.717, 1.165) is 12.1 Å². The number of halogens is 3. The topological polar surface area (TPSA) is 58.6 Å². The van der Waals surface area contributed by atoms with Crippen molar-refractivity contribution < 1.29 is 27.8 Å². The Kier molecular flexibility index (Phi) is 4.25. The molecule has 7 heteroatoms. The summed E-state index contributed by atoms with van der Waals surface area (Å²) in [5.41, 5.74) is -1.07. The lowest BCUT2D eigenvalue weighted by atomic mass is 10.1. The summed E-state index contributed by atoms with van der Waals surface area (Å²) in [7, 11) is 1.32. The van der Waals surface area contributed by atoms with Crippen LogP contribution in [0.4, 0.5) is 18.9 Å². The second-order valence-corrected chi connectivity index (χ2v) is 4.39. The molecule has 22 heavy (non-hydrogen) atoms. The molecule has 2 aromatic carbocycles. The normalized spacial score (nSPS) is 11.1. The highest BCUT2D eigenvalue weighted by Gasteiger charge is 2.30. The summed E-state index contributed by atoms with van der Waals surface area (Å²) < 4.78 is 42.9. The van der Waals surface area contributed by atoms with Crippen molar-refractivity contribution in [1.82, 2.24) is 0 Å². The van der Waals surface area contributed by atoms with Crippen molar-refractivity contribution in [3.8, 4) is 11.5 Å². The molecule has 0 saturated heterocycles. The maximum Gasteiger partial charge on any atom is 0.416 e. The van der Waals surface area contributed by atoms with E-state index in [2.05, 4.69) is 5.32 Å². The molecule has 2 rings (SSSR count). The summed E-state index contributed by atoms with van der Waals surface area (Å²) in [6, 6.07) is 8.43. The van der Waals surface area contributed by atoms with E-state index < -0.39 is 17.6 Å². The van der Waals surface area contributed by atoms with Gasteiger partial charge in [-0.3, -0.25) is 4.79 Å². The monoisotopic (exact) mass is 311 g/mol. The van der Waals surface area contributed by atoms with Crippen LogP contribution < -0.4 is 10.1 Å². The molecule has 0 aliphatic heterocycles. The first-order chi connectivity index (χ1) is 10.3. The maximum absolute atomic E-state index is 12.6. The minimum Gasteiger partial charge on any atom is -0.507 e. The number of hydrogen-bond donors (Lipinski definition) is 2. The van der Waals surface area contributed by atoms with Crippen LogP contribution in [0.5, 0.6) is 11.5 Å². The fourth-order valence-corrected chi connectivity index (χ4v) is 1.88. The fraction of sp³-hybridized carbons (Fsp3) is 0.133. The SMILES string of the molecule is COc1cccc(O)c1C(=O)Nc1cccc(C(F)(F)F)c1. The number of rotatable bonds is 3. The zero-order chi connectivity index (χ0) is 16.3. The Balaban J connectivity index is 2.31. The molecule has 0 saturated carbocycles. The third kappa shape index (κ3) is 3.30. The molecule has 0 spiro atoms. The Morgan fingerprint density at radius 2 is 1.86 bits per heavy atom. The van der Waals surface area contributed by atoms with Crippen LogP contribution >= 0.6 is 0 Å². The van der Waals surface area contributed by atoms with Crippen LogP contribution in [0.2, 0.25) is 0 Å². The molecule has 0 unspecified atom stereocenters. The van der Waals surface area contributed by atoms with Crippen molar-refractivity contribution >= 4 is 11.6 Å². The van der Waals surface area contributed by atoms with Crippen LogP contribution in [0.1, 0.15) is 15.9 Å². The molecule has 2 aromatic rings. The van der Waals surface area contributed by atoms with E-state index in [1.54, 1.807) is 0 Å². The van der Waals surface area contributed by atoms with Gasteiger partial charge in [-0.15, -0.1) is 0 Å². The Labute approximate surface area is 124 Å². The van der Waals surface area contributed by atoms with Gasteiger partial charge < -0.3 is 15.2 Å². The summed E-state index contributed by atoms with van der Waals surface area (Å²) >= 11 is 0. The molecular weight excluding hydrogens is 299 g/mol. The molecule has 116 valence electrons. The maximum atomic E-state index is 12.6. The van der Waals surface area contributed by atoms with Crippen molar-refractivity contribution in [2.24, 2.45) is 0 Å². The average molecular weight is 311 g/mol. The zero-order valence-corrected chi connectivity index (χ0v) is 11.4. The number of phenolic OH excluding ortho intramolecular Hbond substituents is 1. The van der Waals surface area contributed by atoms with E-state index in [1.165, 1.54) is 37.4 Å². The van der Waals surface area contributed by atoms with Crippen molar-refractivity contribution in [3.05, 3.63) is 53.6 Å². The first-order valence-corrected chi connectivity index (χ1v) is 6.17. The number of methoxy groups -OCH3 is 1. The summed E-state index contributed by atoms with van der Waals surface area (Å²) in [6.45, 7) is 0. The quantitative estimate of drug-likeness (QED) is 0.909. The van der Waals surface area contributed by atoms with E-state index in [-0.39, 0.29) is 22.7 Å². The third-order valence-corrected chi connectivity index (χ3v) is 2.90. The lowest BCUT2D eigenvalue weighted by molar-refractivity contribution is -0.137. The van der Waals surface area contributed by atoms with Crippen LogP contribution in [-0.4, -0.2) is 18.1 Å². The Morgan fingerprint density at radius 1 is 1.18 bits per heavy atom. The summed E-state index contributed by atoms with van der Waals surface area (Å²) in [4.78, 5) is 12.1. The number of hydrogen-bond acceptors (Lipinski definition) is 3. The average Bonchev–Trinajstić information content (AvgIpc) is 2.46. The standard InChI is InChI=1S/C15H12F3NO3/c1-22-12-7-3-6-11(20)13(12)14(21)19-10-5-2-4-9(8-10)15(16,17)18/h2-8,20H,1H3,(H,19,21). The second-order valence-electron chi connectivity index (χ2n) is 4.39. The first-order valence-electron chi connectivity index (χ1n) is 6.17. The summed E-state index contributed by atoms with van der Waals surface area (Å²) in [6.07, 6.45) is -4.51. The third-order valence-electron chi connectivity index (χ3n) is 2.90. The van der Waals surface area contributed by atoms with E-state index >= 15 is 0 Å². The Hall–Kier alpha value is -2.70. The molecule has 4 nitrogen and oxygen atoms in total. The van der Waals surface area contributed by atoms with Crippen LogP contribution in [0, 0.1) is 0 Å². The minimum atomic E-state index is -4.51. The van der Waals surface area contributed by atoms with Gasteiger partial charge in [0.1, 0.15) is 17.1 Å². The highest BCUT2D eigenvalue weighted by atomic mass is 19.4. The van der Waals surface area contributed by atoms with Crippen molar-refractivity contribution in [2.45, 2.75) is 6.18 Å². The van der Waals surface area contributed by atoms with Gasteiger partial charge in [0, 0.05) is 5.69 Å². The van der Waals surface area contributed by atoms with Crippen LogP contribution in [0.25, 0.3) is 0 Å². The minimum absolute atomic E-state index is 0.0369. The number of alkyl halides is 3. The van der Waals surface area contributed by atoms with E-state index in [0.29, 0.717) is 0 Å². The lowest BCUT2D eigenvalue weighted by Crippen LogP contribution is -2.14. The highest BCUT2D eigenvalue weighted by molar-refractivity contribution is 6.08. The molecule has 0 aliphatic carbocycles. The lowest BCUT2D eigenvalue weighted by Gasteiger charge is -2.12. The van der Waals surface area contributed by atoms with E-state index in [1.807, 2.05) is 0 Å². The predicted octanol–water partition coefficient (Wildman–Crippen LogP) is 3.67. The number of anilines is 1. The van der Waals surface area contributed by atoms with Crippen molar-refractivity contribution in [3.63, 3.8) is 0 Å². The number of ether oxygens (including phenoxy) is 1. The van der Waals surface area contributed by atoms with Gasteiger partial charge in [0.05, 0.1) is 12.7 Å². The molecule has 0 atom stereocenters. The van der Waals surface area contributed by atoms with Crippen LogP contribution in [-0.2, 0) is 6.18 Å². The molecule has 0 fully saturated rings. The molecule has 1 amide bonds. The van der Waals surface area contributed by atoms with Gasteiger partial charge in [-0.2, -0.15) is 13.2 Å². The molecular formula is C15H12F3NO3. The van der Waals surface area contributed by atoms with Crippen LogP contribution in [0.15, 0.2) is 42.5 Å². The van der Waals surface area contributed by atoms with Gasteiger partial charge in [-0.1, -0.05) is 12.1 Å². The number of aromatic hydroxyl groups is 1. The van der Waals surface area contributed by atoms with E-state index in [9.17, 15) is 23.1 Å². The number of carbonyl (C=O) groups is 1. The Morgan fingerprint density at radius 3 is 2.50 bits per heavy atom. The molecule has 0 aromatic heterocycles. The first kappa shape index (κ1) is 15.7. The van der Waals surface area contributed by atoms with Crippen molar-refractivity contribution in [2.75, 3.05) is 12.4 Å². The van der Waals surface area contributed by atoms with Gasteiger partial charge >= 0.3 is 6.18 Å². The number of amides is 1. The molecule has 0 heterocycles.